The van der Waals surface area contributed by atoms with Crippen LogP contribution in [-0.4, -0.2) is 30.3 Å². The van der Waals surface area contributed by atoms with E-state index in [1.54, 1.807) is 24.3 Å². The van der Waals surface area contributed by atoms with Gasteiger partial charge in [-0.25, -0.2) is 0 Å². The molecule has 1 atom stereocenters. The minimum Gasteiger partial charge on any atom is -0.484 e. The molecule has 4 nitrogen and oxygen atoms in total. The summed E-state index contributed by atoms with van der Waals surface area (Å²) in [6, 6.07) is 6.88. The zero-order chi connectivity index (χ0) is 13.4. The number of hydrogen-bond acceptors (Lipinski definition) is 3. The van der Waals surface area contributed by atoms with Crippen molar-refractivity contribution in [2.24, 2.45) is 0 Å². The molecule has 0 aromatic heterocycles. The van der Waals surface area contributed by atoms with Crippen LogP contribution in [0.3, 0.4) is 0 Å². The second-order valence-corrected chi connectivity index (χ2v) is 4.51. The topological polar surface area (TPSA) is 58.6 Å². The van der Waals surface area contributed by atoms with Gasteiger partial charge in [0.1, 0.15) is 5.75 Å². The fraction of sp³-hybridized carbons (Fsp3) is 0.462. The lowest BCUT2D eigenvalue weighted by molar-refractivity contribution is -0.123. The second-order valence-electron chi connectivity index (χ2n) is 4.08. The number of hydrogen-bond donors (Lipinski definition) is 2. The highest BCUT2D eigenvalue weighted by atomic mass is 35.5. The number of amides is 1. The van der Waals surface area contributed by atoms with Crippen LogP contribution in [0.1, 0.15) is 19.8 Å². The van der Waals surface area contributed by atoms with Crippen LogP contribution < -0.4 is 10.1 Å². The Morgan fingerprint density at radius 3 is 2.72 bits per heavy atom. The summed E-state index contributed by atoms with van der Waals surface area (Å²) >= 11 is 5.74. The van der Waals surface area contributed by atoms with E-state index in [2.05, 4.69) is 5.32 Å². The number of nitrogens with one attached hydrogen (secondary N) is 1. The molecule has 0 saturated heterocycles. The highest BCUT2D eigenvalue weighted by Gasteiger charge is 2.07. The Hall–Kier alpha value is -1.26. The van der Waals surface area contributed by atoms with E-state index in [4.69, 9.17) is 21.4 Å². The number of benzene rings is 1. The summed E-state index contributed by atoms with van der Waals surface area (Å²) in [5.74, 6) is 0.438. The molecule has 0 saturated carbocycles. The van der Waals surface area contributed by atoms with E-state index in [0.717, 1.165) is 6.42 Å². The third-order valence-corrected chi connectivity index (χ3v) is 2.64. The lowest BCUT2D eigenvalue weighted by Crippen LogP contribution is -2.36. The Morgan fingerprint density at radius 2 is 2.11 bits per heavy atom. The molecule has 0 radical (unpaired) electrons. The average molecular weight is 272 g/mol. The van der Waals surface area contributed by atoms with Crippen molar-refractivity contribution in [3.05, 3.63) is 29.3 Å². The van der Waals surface area contributed by atoms with Gasteiger partial charge in [-0.15, -0.1) is 0 Å². The minimum atomic E-state index is -0.171. The molecule has 1 unspecified atom stereocenters. The van der Waals surface area contributed by atoms with E-state index >= 15 is 0 Å². The van der Waals surface area contributed by atoms with Gasteiger partial charge in [-0.05, 0) is 44.0 Å². The number of halogens is 1. The number of carbonyl (C=O) groups is 1. The van der Waals surface area contributed by atoms with Crippen LogP contribution in [0.5, 0.6) is 5.75 Å². The van der Waals surface area contributed by atoms with Crippen molar-refractivity contribution in [1.82, 2.24) is 5.32 Å². The van der Waals surface area contributed by atoms with Gasteiger partial charge in [0.05, 0.1) is 0 Å². The van der Waals surface area contributed by atoms with Crippen LogP contribution in [0.2, 0.25) is 5.02 Å². The summed E-state index contributed by atoms with van der Waals surface area (Å²) in [6.45, 7) is 2.02. The van der Waals surface area contributed by atoms with Crippen molar-refractivity contribution in [3.63, 3.8) is 0 Å². The van der Waals surface area contributed by atoms with Gasteiger partial charge >= 0.3 is 0 Å². The number of aliphatic hydroxyl groups is 1. The second kappa shape index (κ2) is 7.95. The first-order chi connectivity index (χ1) is 8.61. The average Bonchev–Trinajstić information content (AvgIpc) is 2.35. The van der Waals surface area contributed by atoms with Crippen LogP contribution in [0.4, 0.5) is 0 Å². The monoisotopic (exact) mass is 271 g/mol. The van der Waals surface area contributed by atoms with Crippen LogP contribution in [0.15, 0.2) is 24.3 Å². The molecule has 5 heteroatoms. The lowest BCUT2D eigenvalue weighted by atomic mass is 10.2. The maximum atomic E-state index is 11.5. The fourth-order valence-corrected chi connectivity index (χ4v) is 1.59. The lowest BCUT2D eigenvalue weighted by Gasteiger charge is -2.13. The molecule has 0 spiro atoms. The molecule has 1 aromatic carbocycles. The van der Waals surface area contributed by atoms with Crippen LogP contribution >= 0.6 is 11.6 Å². The molecule has 0 fully saturated rings. The molecule has 1 amide bonds. The van der Waals surface area contributed by atoms with Crippen molar-refractivity contribution < 1.29 is 14.6 Å². The highest BCUT2D eigenvalue weighted by molar-refractivity contribution is 6.30. The number of aliphatic hydroxyl groups excluding tert-OH is 1. The molecule has 1 rings (SSSR count). The maximum absolute atomic E-state index is 11.5. The van der Waals surface area contributed by atoms with E-state index < -0.39 is 0 Å². The normalized spacial score (nSPS) is 11.9. The van der Waals surface area contributed by atoms with Crippen LogP contribution in [0.25, 0.3) is 0 Å². The van der Waals surface area contributed by atoms with E-state index in [-0.39, 0.29) is 25.2 Å². The Bertz CT molecular complexity index is 367. The molecule has 2 N–H and O–H groups in total. The van der Waals surface area contributed by atoms with Crippen LogP contribution in [-0.2, 0) is 4.79 Å². The number of ether oxygens (including phenoxy) is 1. The maximum Gasteiger partial charge on any atom is 0.258 e. The van der Waals surface area contributed by atoms with Crippen molar-refractivity contribution in [3.8, 4) is 5.75 Å². The standard InChI is InChI=1S/C13H18ClNO3/c1-10(3-2-8-16)15-13(17)9-18-12-6-4-11(14)5-7-12/h4-7,10,16H,2-3,8-9H2,1H3,(H,15,17). The van der Waals surface area contributed by atoms with E-state index in [0.29, 0.717) is 17.2 Å². The van der Waals surface area contributed by atoms with Gasteiger partial charge < -0.3 is 15.2 Å². The summed E-state index contributed by atoms with van der Waals surface area (Å²) < 4.78 is 5.31. The minimum absolute atomic E-state index is 0.0227. The molecule has 0 bridgehead atoms. The van der Waals surface area contributed by atoms with Gasteiger partial charge in [-0.1, -0.05) is 11.6 Å². The summed E-state index contributed by atoms with van der Waals surface area (Å²) in [5.41, 5.74) is 0. The zero-order valence-electron chi connectivity index (χ0n) is 10.4. The van der Waals surface area contributed by atoms with E-state index in [9.17, 15) is 4.79 Å². The summed E-state index contributed by atoms with van der Waals surface area (Å²) in [5, 5.41) is 12.1. The predicted octanol–water partition coefficient (Wildman–Crippen LogP) is 2.00. The first kappa shape index (κ1) is 14.8. The van der Waals surface area contributed by atoms with E-state index in [1.165, 1.54) is 0 Å². The largest absolute Gasteiger partial charge is 0.484 e. The van der Waals surface area contributed by atoms with Crippen molar-refractivity contribution in [1.29, 1.82) is 0 Å². The van der Waals surface area contributed by atoms with Crippen LogP contribution in [0, 0.1) is 0 Å². The fourth-order valence-electron chi connectivity index (χ4n) is 1.47. The van der Waals surface area contributed by atoms with Gasteiger partial charge in [-0.2, -0.15) is 0 Å². The molecule has 0 aliphatic carbocycles. The Kier molecular flexibility index (Phi) is 6.54. The first-order valence-electron chi connectivity index (χ1n) is 5.90. The molecular weight excluding hydrogens is 254 g/mol. The Labute approximate surface area is 112 Å². The zero-order valence-corrected chi connectivity index (χ0v) is 11.1. The molecule has 18 heavy (non-hydrogen) atoms. The van der Waals surface area contributed by atoms with Gasteiger partial charge in [0.2, 0.25) is 0 Å². The van der Waals surface area contributed by atoms with Gasteiger partial charge in [-0.3, -0.25) is 4.79 Å². The highest BCUT2D eigenvalue weighted by Crippen LogP contribution is 2.15. The Balaban J connectivity index is 2.26. The summed E-state index contributed by atoms with van der Waals surface area (Å²) in [7, 11) is 0. The van der Waals surface area contributed by atoms with Gasteiger partial charge in [0, 0.05) is 17.7 Å². The molecule has 0 aliphatic rings. The molecular formula is C13H18ClNO3. The summed E-state index contributed by atoms with van der Waals surface area (Å²) in [4.78, 5) is 11.5. The smallest absolute Gasteiger partial charge is 0.258 e. The van der Waals surface area contributed by atoms with Crippen molar-refractivity contribution >= 4 is 17.5 Å². The third-order valence-electron chi connectivity index (χ3n) is 2.39. The SMILES string of the molecule is CC(CCCO)NC(=O)COc1ccc(Cl)cc1. The van der Waals surface area contributed by atoms with Crippen molar-refractivity contribution in [2.75, 3.05) is 13.2 Å². The van der Waals surface area contributed by atoms with Gasteiger partial charge in [0.25, 0.3) is 5.91 Å². The van der Waals surface area contributed by atoms with Crippen molar-refractivity contribution in [2.45, 2.75) is 25.8 Å². The van der Waals surface area contributed by atoms with Gasteiger partial charge in [0.15, 0.2) is 6.61 Å². The Morgan fingerprint density at radius 1 is 1.44 bits per heavy atom. The van der Waals surface area contributed by atoms with E-state index in [1.807, 2.05) is 6.92 Å². The molecule has 100 valence electrons. The third kappa shape index (κ3) is 5.89. The summed E-state index contributed by atoms with van der Waals surface area (Å²) in [6.07, 6.45) is 1.43. The predicted molar refractivity (Wildman–Crippen MR) is 70.9 cm³/mol. The molecule has 1 aromatic rings. The number of rotatable bonds is 7. The number of carbonyl (C=O) groups excluding carboxylic acids is 1. The quantitative estimate of drug-likeness (QED) is 0.797. The molecule has 0 aliphatic heterocycles. The first-order valence-corrected chi connectivity index (χ1v) is 6.28. The molecule has 0 heterocycles.